The fraction of sp³-hybridized carbons (Fsp3) is 0.400. The standard InChI is InChI=1S/C15H19N3O/c1-18-15(16)9-13(17-18)10-19-14-7-6-11-4-2-3-5-12(11)8-14/h6-9H,2-5,10,16H2,1H3. The maximum absolute atomic E-state index is 5.80. The minimum atomic E-state index is 0.462. The van der Waals surface area contributed by atoms with Crippen molar-refractivity contribution in [1.29, 1.82) is 0 Å². The van der Waals surface area contributed by atoms with Gasteiger partial charge in [0.1, 0.15) is 23.9 Å². The first-order valence-corrected chi connectivity index (χ1v) is 6.75. The molecule has 0 spiro atoms. The topological polar surface area (TPSA) is 53.1 Å². The zero-order chi connectivity index (χ0) is 13.2. The van der Waals surface area contributed by atoms with Gasteiger partial charge in [-0.05, 0) is 48.9 Å². The van der Waals surface area contributed by atoms with E-state index in [1.165, 1.54) is 36.8 Å². The van der Waals surface area contributed by atoms with Gasteiger partial charge in [-0.3, -0.25) is 4.68 Å². The summed E-state index contributed by atoms with van der Waals surface area (Å²) in [6.07, 6.45) is 4.96. The fourth-order valence-corrected chi connectivity index (χ4v) is 2.57. The number of aryl methyl sites for hydroxylation is 3. The summed E-state index contributed by atoms with van der Waals surface area (Å²) < 4.78 is 7.45. The summed E-state index contributed by atoms with van der Waals surface area (Å²) in [7, 11) is 1.83. The molecule has 100 valence electrons. The van der Waals surface area contributed by atoms with E-state index in [1.807, 2.05) is 13.1 Å². The van der Waals surface area contributed by atoms with Crippen molar-refractivity contribution >= 4 is 5.82 Å². The van der Waals surface area contributed by atoms with Crippen LogP contribution in [0.5, 0.6) is 5.75 Å². The van der Waals surface area contributed by atoms with Crippen molar-refractivity contribution in [1.82, 2.24) is 9.78 Å². The second kappa shape index (κ2) is 4.96. The number of anilines is 1. The van der Waals surface area contributed by atoms with E-state index in [1.54, 1.807) is 4.68 Å². The van der Waals surface area contributed by atoms with Crippen LogP contribution in [0, 0.1) is 0 Å². The predicted molar refractivity (Wildman–Crippen MR) is 75.0 cm³/mol. The van der Waals surface area contributed by atoms with Gasteiger partial charge in [-0.15, -0.1) is 0 Å². The number of nitrogens with zero attached hydrogens (tertiary/aromatic N) is 2. The molecule has 0 fully saturated rings. The molecule has 1 heterocycles. The first-order chi connectivity index (χ1) is 9.22. The predicted octanol–water partition coefficient (Wildman–Crippen LogP) is 2.46. The number of hydrogen-bond donors (Lipinski definition) is 1. The lowest BCUT2D eigenvalue weighted by atomic mass is 9.92. The normalized spacial score (nSPS) is 14.2. The van der Waals surface area contributed by atoms with Gasteiger partial charge in [-0.25, -0.2) is 0 Å². The Morgan fingerprint density at radius 2 is 2.00 bits per heavy atom. The van der Waals surface area contributed by atoms with Crippen molar-refractivity contribution in [2.24, 2.45) is 7.05 Å². The number of hydrogen-bond acceptors (Lipinski definition) is 3. The number of nitrogens with two attached hydrogens (primary N) is 1. The van der Waals surface area contributed by atoms with Gasteiger partial charge in [-0.1, -0.05) is 6.07 Å². The molecule has 3 rings (SSSR count). The molecule has 1 aromatic heterocycles. The third-order valence-corrected chi connectivity index (χ3v) is 3.67. The maximum atomic E-state index is 5.80. The molecule has 19 heavy (non-hydrogen) atoms. The van der Waals surface area contributed by atoms with E-state index in [2.05, 4.69) is 23.3 Å². The van der Waals surface area contributed by atoms with Crippen LogP contribution >= 0.6 is 0 Å². The molecule has 0 saturated carbocycles. The van der Waals surface area contributed by atoms with Gasteiger partial charge in [0.05, 0.1) is 0 Å². The third kappa shape index (κ3) is 2.57. The minimum Gasteiger partial charge on any atom is -0.487 e. The van der Waals surface area contributed by atoms with E-state index >= 15 is 0 Å². The Hall–Kier alpha value is -1.97. The van der Waals surface area contributed by atoms with Crippen molar-refractivity contribution < 1.29 is 4.74 Å². The summed E-state index contributed by atoms with van der Waals surface area (Å²) >= 11 is 0. The van der Waals surface area contributed by atoms with E-state index in [4.69, 9.17) is 10.5 Å². The van der Waals surface area contributed by atoms with Gasteiger partial charge in [0, 0.05) is 13.1 Å². The van der Waals surface area contributed by atoms with E-state index in [0.29, 0.717) is 12.4 Å². The molecule has 0 aliphatic heterocycles. The van der Waals surface area contributed by atoms with Gasteiger partial charge in [0.25, 0.3) is 0 Å². The lowest BCUT2D eigenvalue weighted by Gasteiger charge is -2.16. The summed E-state index contributed by atoms with van der Waals surface area (Å²) in [5.41, 5.74) is 9.51. The number of rotatable bonds is 3. The van der Waals surface area contributed by atoms with Crippen LogP contribution in [0.4, 0.5) is 5.82 Å². The molecular formula is C15H19N3O. The zero-order valence-corrected chi connectivity index (χ0v) is 11.2. The van der Waals surface area contributed by atoms with Crippen molar-refractivity contribution in [2.75, 3.05) is 5.73 Å². The van der Waals surface area contributed by atoms with Gasteiger partial charge < -0.3 is 10.5 Å². The van der Waals surface area contributed by atoms with Crippen molar-refractivity contribution in [3.8, 4) is 5.75 Å². The highest BCUT2D eigenvalue weighted by molar-refractivity contribution is 5.37. The van der Waals surface area contributed by atoms with E-state index in [-0.39, 0.29) is 0 Å². The molecule has 0 bridgehead atoms. The molecule has 2 aromatic rings. The van der Waals surface area contributed by atoms with Gasteiger partial charge in [0.15, 0.2) is 0 Å². The molecule has 0 amide bonds. The van der Waals surface area contributed by atoms with Gasteiger partial charge in [0.2, 0.25) is 0 Å². The fourth-order valence-electron chi connectivity index (χ4n) is 2.57. The van der Waals surface area contributed by atoms with Gasteiger partial charge in [-0.2, -0.15) is 5.10 Å². The number of fused-ring (bicyclic) bond motifs is 1. The molecule has 1 aliphatic rings. The SMILES string of the molecule is Cn1nc(COc2ccc3c(c2)CCCC3)cc1N. The summed E-state index contributed by atoms with van der Waals surface area (Å²) in [6.45, 7) is 0.462. The molecule has 1 aromatic carbocycles. The first kappa shape index (κ1) is 12.1. The minimum absolute atomic E-state index is 0.462. The van der Waals surface area contributed by atoms with Gasteiger partial charge >= 0.3 is 0 Å². The smallest absolute Gasteiger partial charge is 0.132 e. The van der Waals surface area contributed by atoms with Crippen LogP contribution in [-0.2, 0) is 26.5 Å². The zero-order valence-electron chi connectivity index (χ0n) is 11.2. The molecule has 4 heteroatoms. The van der Waals surface area contributed by atoms with Crippen LogP contribution < -0.4 is 10.5 Å². The highest BCUT2D eigenvalue weighted by Gasteiger charge is 2.10. The lowest BCUT2D eigenvalue weighted by Crippen LogP contribution is -2.04. The van der Waals surface area contributed by atoms with E-state index < -0.39 is 0 Å². The summed E-state index contributed by atoms with van der Waals surface area (Å²) in [5.74, 6) is 1.58. The molecule has 1 aliphatic carbocycles. The van der Waals surface area contributed by atoms with E-state index in [0.717, 1.165) is 11.4 Å². The summed E-state index contributed by atoms with van der Waals surface area (Å²) in [6, 6.07) is 8.26. The van der Waals surface area contributed by atoms with Crippen LogP contribution in [0.2, 0.25) is 0 Å². The molecule has 0 unspecified atom stereocenters. The molecule has 0 saturated heterocycles. The lowest BCUT2D eigenvalue weighted by molar-refractivity contribution is 0.299. The van der Waals surface area contributed by atoms with Crippen molar-refractivity contribution in [3.63, 3.8) is 0 Å². The number of aromatic nitrogens is 2. The van der Waals surface area contributed by atoms with Crippen molar-refractivity contribution in [2.45, 2.75) is 32.3 Å². The Balaban J connectivity index is 1.70. The maximum Gasteiger partial charge on any atom is 0.132 e. The third-order valence-electron chi connectivity index (χ3n) is 3.67. The Labute approximate surface area is 113 Å². The molecule has 4 nitrogen and oxygen atoms in total. The van der Waals surface area contributed by atoms with Crippen LogP contribution in [0.3, 0.4) is 0 Å². The largest absolute Gasteiger partial charge is 0.487 e. The average Bonchev–Trinajstić information content (AvgIpc) is 2.75. The monoisotopic (exact) mass is 257 g/mol. The molecule has 0 atom stereocenters. The number of ether oxygens (including phenoxy) is 1. The average molecular weight is 257 g/mol. The highest BCUT2D eigenvalue weighted by atomic mass is 16.5. The van der Waals surface area contributed by atoms with E-state index in [9.17, 15) is 0 Å². The molecule has 2 N–H and O–H groups in total. The summed E-state index contributed by atoms with van der Waals surface area (Å²) in [4.78, 5) is 0. The van der Waals surface area contributed by atoms with Crippen LogP contribution in [0.25, 0.3) is 0 Å². The first-order valence-electron chi connectivity index (χ1n) is 6.75. The number of nitrogen functional groups attached to an aromatic ring is 1. The Kier molecular flexibility index (Phi) is 3.15. The Morgan fingerprint density at radius 1 is 1.21 bits per heavy atom. The molecular weight excluding hydrogens is 238 g/mol. The van der Waals surface area contributed by atoms with Crippen LogP contribution in [-0.4, -0.2) is 9.78 Å². The Bertz CT molecular complexity index is 570. The van der Waals surface area contributed by atoms with Crippen LogP contribution in [0.1, 0.15) is 29.7 Å². The van der Waals surface area contributed by atoms with Crippen molar-refractivity contribution in [3.05, 3.63) is 41.1 Å². The number of benzene rings is 1. The second-order valence-electron chi connectivity index (χ2n) is 5.11. The highest BCUT2D eigenvalue weighted by Crippen LogP contribution is 2.25. The van der Waals surface area contributed by atoms with Crippen LogP contribution in [0.15, 0.2) is 24.3 Å². The Morgan fingerprint density at radius 3 is 2.74 bits per heavy atom. The quantitative estimate of drug-likeness (QED) is 0.919. The molecule has 0 radical (unpaired) electrons. The second-order valence-corrected chi connectivity index (χ2v) is 5.11. The summed E-state index contributed by atoms with van der Waals surface area (Å²) in [5, 5.41) is 4.28.